The third-order valence-electron chi connectivity index (χ3n) is 5.31. The van der Waals surface area contributed by atoms with Crippen molar-refractivity contribution in [3.05, 3.63) is 45.3 Å². The van der Waals surface area contributed by atoms with Gasteiger partial charge in [0.25, 0.3) is 11.8 Å². The molecule has 0 spiro atoms. The predicted molar refractivity (Wildman–Crippen MR) is 120 cm³/mol. The molecule has 0 atom stereocenters. The molecule has 0 radical (unpaired) electrons. The molecule has 162 valence electrons. The zero-order valence-corrected chi connectivity index (χ0v) is 18.7. The minimum atomic E-state index is -0.264. The van der Waals surface area contributed by atoms with Crippen LogP contribution in [-0.2, 0) is 22.4 Å². The van der Waals surface area contributed by atoms with Gasteiger partial charge < -0.3 is 20.1 Å². The highest BCUT2D eigenvalue weighted by molar-refractivity contribution is 7.17. The van der Waals surface area contributed by atoms with Crippen LogP contribution in [0, 0.1) is 13.8 Å². The number of benzene rings is 1. The first-order valence-corrected chi connectivity index (χ1v) is 11.2. The summed E-state index contributed by atoms with van der Waals surface area (Å²) in [6.45, 7) is 5.09. The molecule has 2 N–H and O–H groups in total. The normalized spacial score (nSPS) is 12.9. The molecule has 1 aliphatic carbocycles. The molecule has 1 aliphatic rings. The molecule has 2 aromatic rings. The highest BCUT2D eigenvalue weighted by atomic mass is 32.1. The largest absolute Gasteiger partial charge is 0.484 e. The zero-order valence-electron chi connectivity index (χ0n) is 17.9. The second-order valence-corrected chi connectivity index (χ2v) is 8.71. The van der Waals surface area contributed by atoms with Gasteiger partial charge in [-0.25, -0.2) is 0 Å². The smallest absolute Gasteiger partial charge is 0.262 e. The fourth-order valence-electron chi connectivity index (χ4n) is 3.52. The number of anilines is 1. The van der Waals surface area contributed by atoms with Crippen molar-refractivity contribution in [3.8, 4) is 5.75 Å². The van der Waals surface area contributed by atoms with E-state index in [1.54, 1.807) is 7.11 Å². The maximum Gasteiger partial charge on any atom is 0.262 e. The number of carbonyl (C=O) groups is 2. The molecular formula is C23H30N2O4S. The van der Waals surface area contributed by atoms with Gasteiger partial charge in [0.05, 0.1) is 5.56 Å². The van der Waals surface area contributed by atoms with Crippen molar-refractivity contribution in [3.63, 3.8) is 0 Å². The van der Waals surface area contributed by atoms with Crippen LogP contribution in [0.15, 0.2) is 18.2 Å². The predicted octanol–water partition coefficient (Wildman–Crippen LogP) is 4.03. The van der Waals surface area contributed by atoms with Crippen LogP contribution in [0.3, 0.4) is 0 Å². The third kappa shape index (κ3) is 5.61. The molecule has 0 saturated carbocycles. The van der Waals surface area contributed by atoms with Crippen molar-refractivity contribution in [2.24, 2.45) is 0 Å². The Morgan fingerprint density at radius 1 is 1.13 bits per heavy atom. The second kappa shape index (κ2) is 10.6. The summed E-state index contributed by atoms with van der Waals surface area (Å²) < 4.78 is 10.7. The fraction of sp³-hybridized carbons (Fsp3) is 0.478. The van der Waals surface area contributed by atoms with Gasteiger partial charge >= 0.3 is 0 Å². The van der Waals surface area contributed by atoms with Gasteiger partial charge in [0.2, 0.25) is 0 Å². The van der Waals surface area contributed by atoms with Crippen molar-refractivity contribution < 1.29 is 19.1 Å². The number of rotatable bonds is 9. The Hall–Kier alpha value is -2.38. The van der Waals surface area contributed by atoms with E-state index in [0.29, 0.717) is 29.5 Å². The number of hydrogen-bond acceptors (Lipinski definition) is 5. The van der Waals surface area contributed by atoms with Gasteiger partial charge in [-0.1, -0.05) is 6.07 Å². The van der Waals surface area contributed by atoms with E-state index in [9.17, 15) is 9.59 Å². The summed E-state index contributed by atoms with van der Waals surface area (Å²) in [6.07, 6.45) is 4.77. The van der Waals surface area contributed by atoms with E-state index in [1.807, 2.05) is 32.0 Å². The molecule has 0 bridgehead atoms. The monoisotopic (exact) mass is 430 g/mol. The lowest BCUT2D eigenvalue weighted by molar-refractivity contribution is -0.118. The number of aryl methyl sites for hydroxylation is 3. The standard InChI is InChI=1S/C23H30N2O4S/c1-15-9-10-17(13-16(15)2)29-14-20(26)25-23-21(22(27)24-11-6-12-28-3)18-7-4-5-8-19(18)30-23/h9-10,13H,4-8,11-12,14H2,1-3H3,(H,24,27)(H,25,26). The summed E-state index contributed by atoms with van der Waals surface area (Å²) >= 11 is 1.52. The Labute approximate surface area is 182 Å². The quantitative estimate of drug-likeness (QED) is 0.589. The molecule has 1 heterocycles. The first kappa shape index (κ1) is 22.3. The maximum absolute atomic E-state index is 12.9. The SMILES string of the molecule is COCCCNC(=O)c1c(NC(=O)COc2ccc(C)c(C)c2)sc2c1CCCC2. The Balaban J connectivity index is 1.67. The van der Waals surface area contributed by atoms with Crippen LogP contribution in [0.1, 0.15) is 51.2 Å². The van der Waals surface area contributed by atoms with Crippen LogP contribution in [0.2, 0.25) is 0 Å². The van der Waals surface area contributed by atoms with Crippen LogP contribution in [0.5, 0.6) is 5.75 Å². The Morgan fingerprint density at radius 2 is 1.93 bits per heavy atom. The van der Waals surface area contributed by atoms with Crippen molar-refractivity contribution >= 4 is 28.2 Å². The highest BCUT2D eigenvalue weighted by Crippen LogP contribution is 2.38. The summed E-state index contributed by atoms with van der Waals surface area (Å²) in [4.78, 5) is 26.6. The van der Waals surface area contributed by atoms with Crippen LogP contribution in [0.25, 0.3) is 0 Å². The van der Waals surface area contributed by atoms with Gasteiger partial charge in [-0.3, -0.25) is 9.59 Å². The number of nitrogens with one attached hydrogen (secondary N) is 2. The van der Waals surface area contributed by atoms with Gasteiger partial charge in [0, 0.05) is 25.1 Å². The van der Waals surface area contributed by atoms with E-state index in [4.69, 9.17) is 9.47 Å². The van der Waals surface area contributed by atoms with Crippen molar-refractivity contribution in [2.45, 2.75) is 46.0 Å². The zero-order chi connectivity index (χ0) is 21.5. The fourth-order valence-corrected chi connectivity index (χ4v) is 4.82. The Kier molecular flexibility index (Phi) is 7.87. The molecule has 6 nitrogen and oxygen atoms in total. The highest BCUT2D eigenvalue weighted by Gasteiger charge is 2.26. The van der Waals surface area contributed by atoms with Gasteiger partial charge in [0.15, 0.2) is 6.61 Å². The van der Waals surface area contributed by atoms with E-state index < -0.39 is 0 Å². The van der Waals surface area contributed by atoms with Gasteiger partial charge in [-0.15, -0.1) is 11.3 Å². The summed E-state index contributed by atoms with van der Waals surface area (Å²) in [5.41, 5.74) is 4.00. The average molecular weight is 431 g/mol. The number of ether oxygens (including phenoxy) is 2. The maximum atomic E-state index is 12.9. The lowest BCUT2D eigenvalue weighted by Crippen LogP contribution is -2.28. The van der Waals surface area contributed by atoms with Crippen LogP contribution < -0.4 is 15.4 Å². The number of methoxy groups -OCH3 is 1. The summed E-state index contributed by atoms with van der Waals surface area (Å²) in [6, 6.07) is 5.76. The first-order valence-electron chi connectivity index (χ1n) is 10.4. The van der Waals surface area contributed by atoms with Gasteiger partial charge in [-0.2, -0.15) is 0 Å². The van der Waals surface area contributed by atoms with E-state index in [0.717, 1.165) is 43.2 Å². The summed E-state index contributed by atoms with van der Waals surface area (Å²) in [5.74, 6) is 0.269. The number of thiophene rings is 1. The van der Waals surface area contributed by atoms with E-state index in [2.05, 4.69) is 10.6 Å². The molecule has 3 rings (SSSR count). The number of fused-ring (bicyclic) bond motifs is 1. The summed E-state index contributed by atoms with van der Waals surface area (Å²) in [7, 11) is 1.64. The molecule has 30 heavy (non-hydrogen) atoms. The minimum absolute atomic E-state index is 0.0973. The molecular weight excluding hydrogens is 400 g/mol. The first-order chi connectivity index (χ1) is 14.5. The van der Waals surface area contributed by atoms with Crippen LogP contribution in [-0.4, -0.2) is 38.7 Å². The lowest BCUT2D eigenvalue weighted by Gasteiger charge is -2.13. The molecule has 0 saturated heterocycles. The molecule has 1 aromatic heterocycles. The van der Waals surface area contributed by atoms with Crippen molar-refractivity contribution in [1.82, 2.24) is 5.32 Å². The van der Waals surface area contributed by atoms with E-state index in [-0.39, 0.29) is 18.4 Å². The molecule has 0 unspecified atom stereocenters. The van der Waals surface area contributed by atoms with Gasteiger partial charge in [0.1, 0.15) is 10.8 Å². The van der Waals surface area contributed by atoms with E-state index >= 15 is 0 Å². The minimum Gasteiger partial charge on any atom is -0.484 e. The van der Waals surface area contributed by atoms with Crippen molar-refractivity contribution in [1.29, 1.82) is 0 Å². The Morgan fingerprint density at radius 3 is 2.70 bits per heavy atom. The summed E-state index contributed by atoms with van der Waals surface area (Å²) in [5, 5.41) is 6.50. The third-order valence-corrected chi connectivity index (χ3v) is 6.52. The second-order valence-electron chi connectivity index (χ2n) is 7.60. The van der Waals surface area contributed by atoms with Crippen molar-refractivity contribution in [2.75, 3.05) is 32.2 Å². The van der Waals surface area contributed by atoms with Crippen LogP contribution >= 0.6 is 11.3 Å². The Bertz CT molecular complexity index is 907. The molecule has 0 fully saturated rings. The topological polar surface area (TPSA) is 76.7 Å². The van der Waals surface area contributed by atoms with Crippen LogP contribution in [0.4, 0.5) is 5.00 Å². The average Bonchev–Trinajstić information content (AvgIpc) is 3.09. The number of hydrogen-bond donors (Lipinski definition) is 2. The molecule has 1 aromatic carbocycles. The van der Waals surface area contributed by atoms with E-state index in [1.165, 1.54) is 21.8 Å². The number of carbonyl (C=O) groups excluding carboxylic acids is 2. The molecule has 2 amide bonds. The molecule has 0 aliphatic heterocycles. The number of amides is 2. The van der Waals surface area contributed by atoms with Gasteiger partial charge in [-0.05, 0) is 74.8 Å². The molecule has 7 heteroatoms. The lowest BCUT2D eigenvalue weighted by atomic mass is 9.95.